The van der Waals surface area contributed by atoms with E-state index in [0.29, 0.717) is 41.8 Å². The Bertz CT molecular complexity index is 1670. The molecule has 2 heterocycles. The lowest BCUT2D eigenvalue weighted by atomic mass is 9.74. The summed E-state index contributed by atoms with van der Waals surface area (Å²) < 4.78 is 39.3. The van der Waals surface area contributed by atoms with Crippen LogP contribution in [0.1, 0.15) is 94.2 Å². The molecule has 4 atom stereocenters. The number of benzene rings is 2. The first kappa shape index (κ1) is 30.8. The van der Waals surface area contributed by atoms with Crippen LogP contribution in [0.4, 0.5) is 8.78 Å². The minimum absolute atomic E-state index is 0.0576. The van der Waals surface area contributed by atoms with Crippen molar-refractivity contribution in [3.05, 3.63) is 59.7 Å². The molecule has 46 heavy (non-hydrogen) atoms. The number of nitrogens with zero attached hydrogens (tertiary/aromatic N) is 2. The number of hydrogen-bond donors (Lipinski definition) is 3. The molecule has 0 bridgehead atoms. The second-order valence-electron chi connectivity index (χ2n) is 14.1. The Morgan fingerprint density at radius 1 is 1.11 bits per heavy atom. The molecule has 1 saturated heterocycles. The number of aromatic nitrogens is 2. The third kappa shape index (κ3) is 5.58. The highest BCUT2D eigenvalue weighted by molar-refractivity contribution is 5.86. The third-order valence-electron chi connectivity index (χ3n) is 10.9. The van der Waals surface area contributed by atoms with E-state index in [1.807, 2.05) is 24.3 Å². The monoisotopic (exact) mass is 632 g/mol. The molecule has 244 valence electrons. The average molecular weight is 633 g/mol. The number of carbonyl (C=O) groups is 2. The van der Waals surface area contributed by atoms with Gasteiger partial charge in [0.1, 0.15) is 17.7 Å². The van der Waals surface area contributed by atoms with Crippen LogP contribution in [0.5, 0.6) is 5.75 Å². The number of aryl methyl sites for hydroxylation is 1. The Hall–Kier alpha value is -3.79. The normalized spacial score (nSPS) is 26.0. The highest BCUT2D eigenvalue weighted by Crippen LogP contribution is 2.47. The van der Waals surface area contributed by atoms with Crippen LogP contribution < -0.4 is 15.4 Å². The van der Waals surface area contributed by atoms with E-state index in [4.69, 9.17) is 4.74 Å². The molecule has 8 nitrogen and oxygen atoms in total. The van der Waals surface area contributed by atoms with Crippen LogP contribution in [0.15, 0.2) is 42.6 Å². The summed E-state index contributed by atoms with van der Waals surface area (Å²) in [7, 11) is 1.76. The predicted octanol–water partition coefficient (Wildman–Crippen LogP) is 6.39. The van der Waals surface area contributed by atoms with Gasteiger partial charge in [0.05, 0.1) is 11.6 Å². The van der Waals surface area contributed by atoms with E-state index in [1.165, 1.54) is 6.07 Å². The Labute approximate surface area is 267 Å². The van der Waals surface area contributed by atoms with Gasteiger partial charge in [-0.3, -0.25) is 14.3 Å². The van der Waals surface area contributed by atoms with Gasteiger partial charge < -0.3 is 20.5 Å². The van der Waals surface area contributed by atoms with Gasteiger partial charge in [-0.1, -0.05) is 24.6 Å². The zero-order valence-electron chi connectivity index (χ0n) is 26.5. The lowest BCUT2D eigenvalue weighted by molar-refractivity contribution is -0.138. The van der Waals surface area contributed by atoms with Crippen molar-refractivity contribution in [2.24, 2.45) is 7.05 Å². The first-order valence-corrected chi connectivity index (χ1v) is 16.7. The molecular weight excluding hydrogens is 590 g/mol. The zero-order valence-corrected chi connectivity index (χ0v) is 26.5. The Balaban J connectivity index is 1.16. The van der Waals surface area contributed by atoms with Crippen LogP contribution in [0.2, 0.25) is 0 Å². The summed E-state index contributed by atoms with van der Waals surface area (Å²) in [6.45, 7) is 1.67. The molecule has 0 unspecified atom stereocenters. The standard InChI is InChI=1S/C36H42F2N4O4/c1-21(33(43)44)32-28(18-42(2)41-32)23-10-13-30(27(16-23)26-8-4-9-29(37)31(26)22-6-3-7-22)46-25-12-11-24(17-25)40-34(45)36(38)19-35(39-20-36)14-5-15-35/h4,8-10,13,16,18,21-22,24-25,39H,3,5-7,11-12,14-15,17,19-20H2,1-2H3,(H,40,45)(H,43,44)/t21-,24+,25+,36-/m0/s1. The van der Waals surface area contributed by atoms with Crippen molar-refractivity contribution in [3.8, 4) is 28.0 Å². The highest BCUT2D eigenvalue weighted by Gasteiger charge is 2.55. The fourth-order valence-electron chi connectivity index (χ4n) is 7.84. The molecule has 0 radical (unpaired) electrons. The average Bonchev–Trinajstić information content (AvgIpc) is 3.70. The van der Waals surface area contributed by atoms with E-state index >= 15 is 8.78 Å². The topological polar surface area (TPSA) is 105 Å². The number of alkyl halides is 1. The van der Waals surface area contributed by atoms with Crippen molar-refractivity contribution in [1.82, 2.24) is 20.4 Å². The second kappa shape index (κ2) is 11.8. The number of hydrogen-bond acceptors (Lipinski definition) is 5. The lowest BCUT2D eigenvalue weighted by Gasteiger charge is -2.38. The van der Waals surface area contributed by atoms with Gasteiger partial charge in [-0.15, -0.1) is 0 Å². The maximum absolute atomic E-state index is 15.7. The third-order valence-corrected chi connectivity index (χ3v) is 10.9. The van der Waals surface area contributed by atoms with Crippen LogP contribution in [0.25, 0.3) is 22.3 Å². The Morgan fingerprint density at radius 3 is 2.59 bits per heavy atom. The van der Waals surface area contributed by atoms with E-state index in [0.717, 1.165) is 55.2 Å². The molecule has 1 aliphatic heterocycles. The van der Waals surface area contributed by atoms with Gasteiger partial charge in [-0.05, 0) is 92.7 Å². The SMILES string of the molecule is C[C@H](C(=O)O)c1nn(C)cc1-c1ccc(O[C@@H]2CC[C@@H](NC(=O)[C@@]3(F)CNC4(CCC4)C3)C2)c(-c2cccc(F)c2C2CCC2)c1. The summed E-state index contributed by atoms with van der Waals surface area (Å²) in [5, 5.41) is 20.4. The van der Waals surface area contributed by atoms with E-state index in [1.54, 1.807) is 30.9 Å². The van der Waals surface area contributed by atoms with E-state index in [-0.39, 0.29) is 42.4 Å². The number of halogens is 2. The van der Waals surface area contributed by atoms with Gasteiger partial charge in [0.25, 0.3) is 5.91 Å². The Morgan fingerprint density at radius 2 is 1.91 bits per heavy atom. The van der Waals surface area contributed by atoms with Crippen molar-refractivity contribution in [1.29, 1.82) is 0 Å². The van der Waals surface area contributed by atoms with E-state index in [9.17, 15) is 14.7 Å². The number of amides is 1. The minimum Gasteiger partial charge on any atom is -0.490 e. The zero-order chi connectivity index (χ0) is 32.2. The van der Waals surface area contributed by atoms with Gasteiger partial charge in [-0.2, -0.15) is 5.10 Å². The highest BCUT2D eigenvalue weighted by atomic mass is 19.1. The van der Waals surface area contributed by atoms with Gasteiger partial charge >= 0.3 is 5.97 Å². The quantitative estimate of drug-likeness (QED) is 0.253. The van der Waals surface area contributed by atoms with Crippen molar-refractivity contribution < 1.29 is 28.2 Å². The largest absolute Gasteiger partial charge is 0.490 e. The van der Waals surface area contributed by atoms with Crippen molar-refractivity contribution >= 4 is 11.9 Å². The summed E-state index contributed by atoms with van der Waals surface area (Å²) in [4.78, 5) is 25.0. The van der Waals surface area contributed by atoms with E-state index < -0.39 is 23.5 Å². The van der Waals surface area contributed by atoms with Gasteiger partial charge in [0.15, 0.2) is 0 Å². The van der Waals surface area contributed by atoms with Crippen molar-refractivity contribution in [2.45, 2.75) is 106 Å². The molecule has 3 saturated carbocycles. The maximum Gasteiger partial charge on any atom is 0.312 e. The molecule has 3 N–H and O–H groups in total. The molecule has 4 fully saturated rings. The van der Waals surface area contributed by atoms with E-state index in [2.05, 4.69) is 15.7 Å². The maximum atomic E-state index is 15.7. The fourth-order valence-corrected chi connectivity index (χ4v) is 7.84. The molecule has 3 aliphatic carbocycles. The minimum atomic E-state index is -1.89. The number of aliphatic carboxylic acids is 1. The van der Waals surface area contributed by atoms with Crippen molar-refractivity contribution in [3.63, 3.8) is 0 Å². The van der Waals surface area contributed by atoms with Gasteiger partial charge in [0.2, 0.25) is 5.67 Å². The van der Waals surface area contributed by atoms with Gasteiger partial charge in [0, 0.05) is 55.3 Å². The molecule has 7 rings (SSSR count). The fraction of sp³-hybridized carbons (Fsp3) is 0.528. The van der Waals surface area contributed by atoms with Crippen LogP contribution in [-0.2, 0) is 16.6 Å². The summed E-state index contributed by atoms with van der Waals surface area (Å²) in [6.07, 6.45) is 9.53. The summed E-state index contributed by atoms with van der Waals surface area (Å²) in [5.74, 6) is -1.84. The molecule has 1 amide bonds. The molecular formula is C36H42F2N4O4. The predicted molar refractivity (Wildman–Crippen MR) is 170 cm³/mol. The molecule has 10 heteroatoms. The molecule has 1 spiro atoms. The van der Waals surface area contributed by atoms with Crippen LogP contribution in [0.3, 0.4) is 0 Å². The number of ether oxygens (including phenoxy) is 1. The molecule has 1 aromatic heterocycles. The first-order valence-electron chi connectivity index (χ1n) is 16.7. The lowest BCUT2D eigenvalue weighted by Crippen LogP contribution is -2.49. The second-order valence-corrected chi connectivity index (χ2v) is 14.1. The van der Waals surface area contributed by atoms with Gasteiger partial charge in [-0.25, -0.2) is 8.78 Å². The Kier molecular flexibility index (Phi) is 7.90. The number of carboxylic acid groups (broad SMARTS) is 1. The summed E-state index contributed by atoms with van der Waals surface area (Å²) >= 11 is 0. The molecule has 3 aromatic rings. The summed E-state index contributed by atoms with van der Waals surface area (Å²) in [6, 6.07) is 10.7. The molecule has 4 aliphatic rings. The van der Waals surface area contributed by atoms with Crippen LogP contribution in [-0.4, -0.2) is 56.7 Å². The van der Waals surface area contributed by atoms with Crippen LogP contribution in [0, 0.1) is 5.82 Å². The van der Waals surface area contributed by atoms with Crippen LogP contribution >= 0.6 is 0 Å². The number of nitrogens with one attached hydrogen (secondary N) is 2. The number of rotatable bonds is 9. The van der Waals surface area contributed by atoms with Crippen molar-refractivity contribution in [2.75, 3.05) is 6.54 Å². The molecule has 2 aromatic carbocycles. The first-order chi connectivity index (χ1) is 22.0. The number of carboxylic acids is 1. The smallest absolute Gasteiger partial charge is 0.312 e. The summed E-state index contributed by atoms with van der Waals surface area (Å²) in [5.41, 5.74) is 1.99. The number of carbonyl (C=O) groups excluding carboxylic acids is 1.